The number of rotatable bonds is 8. The van der Waals surface area contributed by atoms with Crippen molar-refractivity contribution in [1.82, 2.24) is 5.32 Å². The minimum Gasteiger partial charge on any atom is -0.497 e. The highest BCUT2D eigenvalue weighted by molar-refractivity contribution is 5.90. The van der Waals surface area contributed by atoms with Crippen LogP contribution in [0.2, 0.25) is 0 Å². The number of nitrogens with one attached hydrogen (secondary N) is 1. The minimum atomic E-state index is -1.20. The zero-order valence-corrected chi connectivity index (χ0v) is 16.2. The summed E-state index contributed by atoms with van der Waals surface area (Å²) in [6.45, 7) is 2.70. The Labute approximate surface area is 166 Å². The van der Waals surface area contributed by atoms with Crippen molar-refractivity contribution in [3.05, 3.63) is 102 Å². The summed E-state index contributed by atoms with van der Waals surface area (Å²) < 4.78 is 11.3. The Hall–Kier alpha value is -3.11. The molecule has 4 nitrogen and oxygen atoms in total. The van der Waals surface area contributed by atoms with E-state index in [0.29, 0.717) is 13.2 Å². The van der Waals surface area contributed by atoms with E-state index in [9.17, 15) is 4.79 Å². The summed E-state index contributed by atoms with van der Waals surface area (Å²) in [5, 5.41) is 3.05. The number of benzene rings is 3. The molecule has 3 aromatic rings. The molecule has 0 aliphatic rings. The molecule has 1 N–H and O–H groups in total. The fourth-order valence-corrected chi connectivity index (χ4v) is 3.27. The molecule has 3 rings (SSSR count). The molecule has 0 atom stereocenters. The largest absolute Gasteiger partial charge is 0.497 e. The topological polar surface area (TPSA) is 47.6 Å². The standard InChI is InChI=1S/C24H25NO3/c1-3-28-24(20-10-6-4-7-11-20,21-12-8-5-9-13-21)23(26)25-18-19-14-16-22(27-2)17-15-19/h4-17H,3,18H2,1-2H3,(H,25,26). The van der Waals surface area contributed by atoms with Crippen LogP contribution in [0, 0.1) is 0 Å². The van der Waals surface area contributed by atoms with Gasteiger partial charge in [0.25, 0.3) is 5.91 Å². The predicted octanol–water partition coefficient (Wildman–Crippen LogP) is 4.29. The number of carbonyl (C=O) groups excluding carboxylic acids is 1. The maximum atomic E-state index is 13.5. The van der Waals surface area contributed by atoms with Crippen molar-refractivity contribution in [2.75, 3.05) is 13.7 Å². The molecule has 0 aliphatic heterocycles. The second-order valence-corrected chi connectivity index (χ2v) is 6.38. The maximum absolute atomic E-state index is 13.5. The number of amides is 1. The fraction of sp³-hybridized carbons (Fsp3) is 0.208. The molecule has 0 aliphatic carbocycles. The first-order valence-corrected chi connectivity index (χ1v) is 9.37. The van der Waals surface area contributed by atoms with E-state index in [0.717, 1.165) is 22.4 Å². The van der Waals surface area contributed by atoms with Crippen LogP contribution >= 0.6 is 0 Å². The molecule has 0 heterocycles. The summed E-state index contributed by atoms with van der Waals surface area (Å²) in [7, 11) is 1.63. The minimum absolute atomic E-state index is 0.192. The van der Waals surface area contributed by atoms with Gasteiger partial charge in [-0.3, -0.25) is 4.79 Å². The van der Waals surface area contributed by atoms with Gasteiger partial charge < -0.3 is 14.8 Å². The lowest BCUT2D eigenvalue weighted by atomic mass is 9.85. The molecule has 3 aromatic carbocycles. The summed E-state index contributed by atoms with van der Waals surface area (Å²) >= 11 is 0. The summed E-state index contributed by atoms with van der Waals surface area (Å²) in [6.07, 6.45) is 0. The predicted molar refractivity (Wildman–Crippen MR) is 110 cm³/mol. The zero-order chi connectivity index (χ0) is 19.8. The second-order valence-electron chi connectivity index (χ2n) is 6.38. The molecule has 0 fully saturated rings. The Balaban J connectivity index is 1.94. The van der Waals surface area contributed by atoms with E-state index >= 15 is 0 Å². The molecule has 0 aromatic heterocycles. The molecule has 0 spiro atoms. The molecule has 28 heavy (non-hydrogen) atoms. The van der Waals surface area contributed by atoms with Crippen LogP contribution in [0.25, 0.3) is 0 Å². The van der Waals surface area contributed by atoms with Crippen molar-refractivity contribution in [3.8, 4) is 5.75 Å². The molecule has 0 bridgehead atoms. The van der Waals surface area contributed by atoms with E-state index in [4.69, 9.17) is 9.47 Å². The number of ether oxygens (including phenoxy) is 2. The van der Waals surface area contributed by atoms with Crippen LogP contribution in [0.1, 0.15) is 23.6 Å². The highest BCUT2D eigenvalue weighted by Crippen LogP contribution is 2.34. The lowest BCUT2D eigenvalue weighted by Gasteiger charge is -2.33. The molecule has 4 heteroatoms. The molecule has 0 saturated carbocycles. The van der Waals surface area contributed by atoms with Gasteiger partial charge in [-0.1, -0.05) is 72.8 Å². The van der Waals surface area contributed by atoms with Crippen molar-refractivity contribution in [2.45, 2.75) is 19.1 Å². The van der Waals surface area contributed by atoms with E-state index in [1.165, 1.54) is 0 Å². The van der Waals surface area contributed by atoms with Gasteiger partial charge in [0.05, 0.1) is 7.11 Å². The smallest absolute Gasteiger partial charge is 0.261 e. The number of methoxy groups -OCH3 is 1. The molecule has 144 valence electrons. The van der Waals surface area contributed by atoms with Gasteiger partial charge in [-0.2, -0.15) is 0 Å². The summed E-state index contributed by atoms with van der Waals surface area (Å²) in [4.78, 5) is 13.5. The average molecular weight is 375 g/mol. The highest BCUT2D eigenvalue weighted by Gasteiger charge is 2.42. The highest BCUT2D eigenvalue weighted by atomic mass is 16.5. The molecular weight excluding hydrogens is 350 g/mol. The summed E-state index contributed by atoms with van der Waals surface area (Å²) in [5.41, 5.74) is 1.38. The average Bonchev–Trinajstić information content (AvgIpc) is 2.77. The molecule has 1 amide bonds. The van der Waals surface area contributed by atoms with Crippen molar-refractivity contribution < 1.29 is 14.3 Å². The van der Waals surface area contributed by atoms with Gasteiger partial charge in [0.1, 0.15) is 5.75 Å². The van der Waals surface area contributed by atoms with Crippen molar-refractivity contribution in [1.29, 1.82) is 0 Å². The number of hydrogen-bond donors (Lipinski definition) is 1. The zero-order valence-electron chi connectivity index (χ0n) is 16.2. The lowest BCUT2D eigenvalue weighted by molar-refractivity contribution is -0.142. The maximum Gasteiger partial charge on any atom is 0.261 e. The normalized spacial score (nSPS) is 11.1. The third-order valence-electron chi connectivity index (χ3n) is 4.65. The van der Waals surface area contributed by atoms with Crippen LogP contribution < -0.4 is 10.1 Å². The Morgan fingerprint density at radius 3 is 1.86 bits per heavy atom. The van der Waals surface area contributed by atoms with E-state index in [1.54, 1.807) is 7.11 Å². The van der Waals surface area contributed by atoms with Gasteiger partial charge in [-0.05, 0) is 35.7 Å². The number of hydrogen-bond acceptors (Lipinski definition) is 3. The first-order chi connectivity index (χ1) is 13.7. The summed E-state index contributed by atoms with van der Waals surface area (Å²) in [6, 6.07) is 26.9. The Bertz CT molecular complexity index is 837. The van der Waals surface area contributed by atoms with E-state index in [1.807, 2.05) is 91.9 Å². The Kier molecular flexibility index (Phi) is 6.45. The van der Waals surface area contributed by atoms with Crippen LogP contribution in [-0.4, -0.2) is 19.6 Å². The van der Waals surface area contributed by atoms with Crippen LogP contribution in [-0.2, 0) is 21.7 Å². The third kappa shape index (κ3) is 4.07. The summed E-state index contributed by atoms with van der Waals surface area (Å²) in [5.74, 6) is 0.592. The monoisotopic (exact) mass is 375 g/mol. The Morgan fingerprint density at radius 2 is 1.39 bits per heavy atom. The van der Waals surface area contributed by atoms with Crippen LogP contribution in [0.4, 0.5) is 0 Å². The molecule has 0 saturated heterocycles. The first kappa shape index (κ1) is 19.6. The fourth-order valence-electron chi connectivity index (χ4n) is 3.27. The van der Waals surface area contributed by atoms with E-state index in [-0.39, 0.29) is 5.91 Å². The lowest BCUT2D eigenvalue weighted by Crippen LogP contribution is -2.47. The van der Waals surface area contributed by atoms with E-state index in [2.05, 4.69) is 5.32 Å². The van der Waals surface area contributed by atoms with Gasteiger partial charge in [-0.25, -0.2) is 0 Å². The van der Waals surface area contributed by atoms with E-state index < -0.39 is 5.60 Å². The number of carbonyl (C=O) groups is 1. The van der Waals surface area contributed by atoms with Crippen molar-refractivity contribution in [2.24, 2.45) is 0 Å². The van der Waals surface area contributed by atoms with Crippen molar-refractivity contribution >= 4 is 5.91 Å². The van der Waals surface area contributed by atoms with Crippen LogP contribution in [0.15, 0.2) is 84.9 Å². The molecule has 0 radical (unpaired) electrons. The molecular formula is C24H25NO3. The van der Waals surface area contributed by atoms with Gasteiger partial charge >= 0.3 is 0 Å². The van der Waals surface area contributed by atoms with Crippen LogP contribution in [0.3, 0.4) is 0 Å². The quantitative estimate of drug-likeness (QED) is 0.639. The van der Waals surface area contributed by atoms with Gasteiger partial charge in [-0.15, -0.1) is 0 Å². The third-order valence-corrected chi connectivity index (χ3v) is 4.65. The second kappa shape index (κ2) is 9.20. The Morgan fingerprint density at radius 1 is 0.857 bits per heavy atom. The SMILES string of the molecule is CCOC(C(=O)NCc1ccc(OC)cc1)(c1ccccc1)c1ccccc1. The van der Waals surface area contributed by atoms with Gasteiger partial charge in [0.2, 0.25) is 0 Å². The molecule has 0 unspecified atom stereocenters. The first-order valence-electron chi connectivity index (χ1n) is 9.37. The van der Waals surface area contributed by atoms with Crippen molar-refractivity contribution in [3.63, 3.8) is 0 Å². The van der Waals surface area contributed by atoms with Gasteiger partial charge in [0, 0.05) is 13.2 Å². The van der Waals surface area contributed by atoms with Crippen LogP contribution in [0.5, 0.6) is 5.75 Å². The van der Waals surface area contributed by atoms with Gasteiger partial charge in [0.15, 0.2) is 5.60 Å².